The van der Waals surface area contributed by atoms with Gasteiger partial charge in [0.2, 0.25) is 0 Å². The minimum atomic E-state index is -0.596. The molecule has 1 aromatic carbocycles. The van der Waals surface area contributed by atoms with Crippen LogP contribution in [-0.4, -0.2) is 42.1 Å². The van der Waals surface area contributed by atoms with E-state index in [-0.39, 0.29) is 12.2 Å². The molecule has 0 saturated carbocycles. The lowest BCUT2D eigenvalue weighted by atomic mass is 10.1. The Morgan fingerprint density at radius 3 is 2.58 bits per heavy atom. The molecule has 0 spiro atoms. The second-order valence-electron chi connectivity index (χ2n) is 5.07. The number of halogens is 1. The van der Waals surface area contributed by atoms with E-state index in [9.17, 15) is 10.1 Å². The summed E-state index contributed by atoms with van der Waals surface area (Å²) in [6.45, 7) is 3.81. The molecule has 4 nitrogen and oxygen atoms in total. The van der Waals surface area contributed by atoms with Crippen LogP contribution in [0.2, 0.25) is 5.02 Å². The largest absolute Gasteiger partial charge is 0.462 e. The lowest BCUT2D eigenvalue weighted by Gasteiger charge is -2.31. The number of rotatable bonds is 5. The summed E-state index contributed by atoms with van der Waals surface area (Å²) < 4.78 is 4.90. The topological polar surface area (TPSA) is 53.3 Å². The van der Waals surface area contributed by atoms with Gasteiger partial charge in [-0.1, -0.05) is 23.7 Å². The number of hydrogen-bond donors (Lipinski definition) is 0. The minimum absolute atomic E-state index is 0.00491. The highest BCUT2D eigenvalue weighted by Gasteiger charge is 2.16. The lowest BCUT2D eigenvalue weighted by Crippen LogP contribution is -2.31. The molecule has 1 aromatic rings. The van der Waals surface area contributed by atoms with Gasteiger partial charge in [-0.3, -0.25) is 0 Å². The molecule has 0 N–H and O–H groups in total. The smallest absolute Gasteiger partial charge is 0.348 e. The number of ether oxygens (including phenoxy) is 1. The Morgan fingerprint density at radius 2 is 2.00 bits per heavy atom. The van der Waals surface area contributed by atoms with Gasteiger partial charge in [0.1, 0.15) is 11.6 Å². The van der Waals surface area contributed by atoms with Crippen LogP contribution in [0.25, 0.3) is 5.70 Å². The number of thioether (sulfide) groups is 1. The zero-order valence-electron chi connectivity index (χ0n) is 13.5. The van der Waals surface area contributed by atoms with E-state index < -0.39 is 5.97 Å². The fraction of sp³-hybridized carbons (Fsp3) is 0.333. The molecule has 1 heterocycles. The standard InChI is InChI=1S/C18H19ClN2O2S/c1-2-23-18(22)15(13-20)5-8-17(21-9-11-24-12-10-21)14-3-6-16(19)7-4-14/h3-8H,2,9-12H2,1H3/b15-5-,17-8-. The number of allylic oxidation sites excluding steroid dienone is 2. The average Bonchev–Trinajstić information content (AvgIpc) is 2.61. The van der Waals surface area contributed by atoms with Crippen LogP contribution in [-0.2, 0) is 9.53 Å². The first-order valence-corrected chi connectivity index (χ1v) is 9.26. The van der Waals surface area contributed by atoms with E-state index in [1.54, 1.807) is 6.92 Å². The van der Waals surface area contributed by atoms with Crippen LogP contribution >= 0.6 is 23.4 Å². The van der Waals surface area contributed by atoms with Gasteiger partial charge in [-0.05, 0) is 36.8 Å². The van der Waals surface area contributed by atoms with Crippen LogP contribution < -0.4 is 0 Å². The fourth-order valence-corrected chi connectivity index (χ4v) is 3.36. The van der Waals surface area contributed by atoms with Gasteiger partial charge in [0, 0.05) is 35.3 Å². The SMILES string of the molecule is CCOC(=O)/C(C#N)=C\C=C(\c1ccc(Cl)cc1)N1CCSCC1. The van der Waals surface area contributed by atoms with E-state index in [0.717, 1.165) is 35.9 Å². The average molecular weight is 363 g/mol. The number of benzene rings is 1. The van der Waals surface area contributed by atoms with Crippen LogP contribution in [0.1, 0.15) is 12.5 Å². The molecule has 1 aliphatic rings. The van der Waals surface area contributed by atoms with Crippen molar-refractivity contribution in [3.8, 4) is 6.07 Å². The van der Waals surface area contributed by atoms with Crippen LogP contribution in [0.4, 0.5) is 0 Å². The van der Waals surface area contributed by atoms with Crippen molar-refractivity contribution < 1.29 is 9.53 Å². The van der Waals surface area contributed by atoms with E-state index >= 15 is 0 Å². The first kappa shape index (κ1) is 18.4. The quantitative estimate of drug-likeness (QED) is 0.345. The van der Waals surface area contributed by atoms with E-state index in [2.05, 4.69) is 4.90 Å². The van der Waals surface area contributed by atoms with Crippen molar-refractivity contribution in [1.82, 2.24) is 4.90 Å². The Kier molecular flexibility index (Phi) is 7.23. The van der Waals surface area contributed by atoms with Crippen LogP contribution in [0.5, 0.6) is 0 Å². The normalized spacial score (nSPS) is 15.8. The van der Waals surface area contributed by atoms with Crippen molar-refractivity contribution in [2.75, 3.05) is 31.2 Å². The van der Waals surface area contributed by atoms with Crippen LogP contribution in [0.3, 0.4) is 0 Å². The molecule has 0 bridgehead atoms. The Bertz CT molecular complexity index is 671. The van der Waals surface area contributed by atoms with Crippen molar-refractivity contribution in [3.63, 3.8) is 0 Å². The van der Waals surface area contributed by atoms with Crippen molar-refractivity contribution in [2.24, 2.45) is 0 Å². The molecule has 0 unspecified atom stereocenters. The monoisotopic (exact) mass is 362 g/mol. The molecule has 0 radical (unpaired) electrons. The molecule has 2 rings (SSSR count). The number of esters is 1. The summed E-state index contributed by atoms with van der Waals surface area (Å²) in [5.74, 6) is 1.51. The Morgan fingerprint density at radius 1 is 1.33 bits per heavy atom. The number of carbonyl (C=O) groups is 1. The van der Waals surface area contributed by atoms with Gasteiger partial charge in [0.05, 0.1) is 6.61 Å². The van der Waals surface area contributed by atoms with E-state index in [4.69, 9.17) is 16.3 Å². The maximum atomic E-state index is 11.8. The number of nitrogens with zero attached hydrogens (tertiary/aromatic N) is 2. The Balaban J connectivity index is 2.35. The number of carbonyl (C=O) groups excluding carboxylic acids is 1. The second kappa shape index (κ2) is 9.41. The predicted molar refractivity (Wildman–Crippen MR) is 98.7 cm³/mol. The first-order chi connectivity index (χ1) is 11.7. The highest BCUT2D eigenvalue weighted by atomic mass is 35.5. The zero-order valence-corrected chi connectivity index (χ0v) is 15.1. The highest BCUT2D eigenvalue weighted by Crippen LogP contribution is 2.25. The van der Waals surface area contributed by atoms with E-state index in [0.29, 0.717) is 5.02 Å². The van der Waals surface area contributed by atoms with Crippen molar-refractivity contribution in [2.45, 2.75) is 6.92 Å². The third-order valence-electron chi connectivity index (χ3n) is 3.52. The minimum Gasteiger partial charge on any atom is -0.462 e. The van der Waals surface area contributed by atoms with Crippen molar-refractivity contribution in [1.29, 1.82) is 5.26 Å². The van der Waals surface area contributed by atoms with Gasteiger partial charge in [0.25, 0.3) is 0 Å². The summed E-state index contributed by atoms with van der Waals surface area (Å²) in [7, 11) is 0. The molecule has 24 heavy (non-hydrogen) atoms. The molecule has 6 heteroatoms. The van der Waals surface area contributed by atoms with E-state index in [1.165, 1.54) is 6.08 Å². The fourth-order valence-electron chi connectivity index (χ4n) is 2.33. The highest BCUT2D eigenvalue weighted by molar-refractivity contribution is 7.99. The van der Waals surface area contributed by atoms with Crippen LogP contribution in [0, 0.1) is 11.3 Å². The molecule has 126 valence electrons. The van der Waals surface area contributed by atoms with Crippen molar-refractivity contribution in [3.05, 3.63) is 52.6 Å². The third kappa shape index (κ3) is 5.05. The maximum absolute atomic E-state index is 11.8. The molecule has 0 atom stereocenters. The van der Waals surface area contributed by atoms with E-state index in [1.807, 2.05) is 48.2 Å². The molecule has 0 aliphatic carbocycles. The Hall–Kier alpha value is -1.90. The van der Waals surface area contributed by atoms with Crippen LogP contribution in [0.15, 0.2) is 42.0 Å². The number of hydrogen-bond acceptors (Lipinski definition) is 5. The lowest BCUT2D eigenvalue weighted by molar-refractivity contribution is -0.138. The molecule has 1 aliphatic heterocycles. The van der Waals surface area contributed by atoms with Gasteiger partial charge in [0.15, 0.2) is 0 Å². The molecule has 1 saturated heterocycles. The summed E-state index contributed by atoms with van der Waals surface area (Å²) in [6, 6.07) is 9.47. The van der Waals surface area contributed by atoms with Crippen molar-refractivity contribution >= 4 is 35.0 Å². The predicted octanol–water partition coefficient (Wildman–Crippen LogP) is 3.74. The summed E-state index contributed by atoms with van der Waals surface area (Å²) in [6.07, 6.45) is 3.35. The summed E-state index contributed by atoms with van der Waals surface area (Å²) >= 11 is 7.90. The first-order valence-electron chi connectivity index (χ1n) is 7.73. The molecule has 1 fully saturated rings. The van der Waals surface area contributed by atoms with Gasteiger partial charge in [-0.25, -0.2) is 4.79 Å². The van der Waals surface area contributed by atoms with Gasteiger partial charge >= 0.3 is 5.97 Å². The molecule has 0 amide bonds. The molecular formula is C18H19ClN2O2S. The third-order valence-corrected chi connectivity index (χ3v) is 4.71. The molecular weight excluding hydrogens is 344 g/mol. The van der Waals surface area contributed by atoms with Gasteiger partial charge in [-0.15, -0.1) is 0 Å². The zero-order chi connectivity index (χ0) is 17.4. The molecule has 0 aromatic heterocycles. The summed E-state index contributed by atoms with van der Waals surface area (Å²) in [4.78, 5) is 14.0. The number of nitriles is 1. The summed E-state index contributed by atoms with van der Waals surface area (Å²) in [5, 5.41) is 9.84. The Labute approximate surface area is 151 Å². The van der Waals surface area contributed by atoms with Gasteiger partial charge < -0.3 is 9.64 Å². The summed E-state index contributed by atoms with van der Waals surface area (Å²) in [5.41, 5.74) is 1.97. The van der Waals surface area contributed by atoms with Gasteiger partial charge in [-0.2, -0.15) is 17.0 Å². The maximum Gasteiger partial charge on any atom is 0.348 e. The second-order valence-corrected chi connectivity index (χ2v) is 6.73.